The molecule has 0 saturated carbocycles. The summed E-state index contributed by atoms with van der Waals surface area (Å²) in [5.41, 5.74) is 7.99. The summed E-state index contributed by atoms with van der Waals surface area (Å²) in [5.74, 6) is -0.708. The minimum absolute atomic E-state index is 0. The van der Waals surface area contributed by atoms with E-state index in [0.29, 0.717) is 16.8 Å². The fraction of sp³-hybridized carbons (Fsp3) is 0.171. The normalized spacial score (nSPS) is 12.4. The number of pyridine rings is 2. The molecule has 0 amide bonds. The molecule has 1 radical (unpaired) electrons. The van der Waals surface area contributed by atoms with Crippen molar-refractivity contribution >= 4 is 0 Å². The number of rotatable bonds is 7. The Hall–Kier alpha value is -4.17. The van der Waals surface area contributed by atoms with Crippen LogP contribution in [0.4, 0.5) is 0 Å². The van der Waals surface area contributed by atoms with Gasteiger partial charge in [0, 0.05) is 36.6 Å². The molecule has 0 aliphatic rings. The maximum Gasteiger partial charge on any atom is 0.0365 e. The maximum atomic E-state index is 8.51. The Labute approximate surface area is 280 Å². The van der Waals surface area contributed by atoms with Gasteiger partial charge < -0.3 is 9.97 Å². The van der Waals surface area contributed by atoms with Gasteiger partial charge in [0.2, 0.25) is 0 Å². The van der Waals surface area contributed by atoms with Crippen LogP contribution in [0.15, 0.2) is 140 Å². The second-order valence-corrected chi connectivity index (χ2v) is 11.1. The Bertz CT molecular complexity index is 1870. The van der Waals surface area contributed by atoms with E-state index < -0.39 is 12.3 Å². The zero-order chi connectivity index (χ0) is 32.8. The summed E-state index contributed by atoms with van der Waals surface area (Å²) >= 11 is 0. The van der Waals surface area contributed by atoms with Gasteiger partial charge in [-0.25, -0.2) is 0 Å². The topological polar surface area (TPSA) is 25.8 Å². The average molecular weight is 754 g/mol. The molecule has 2 nitrogen and oxygen atoms in total. The van der Waals surface area contributed by atoms with Crippen molar-refractivity contribution in [3.05, 3.63) is 180 Å². The van der Waals surface area contributed by atoms with Gasteiger partial charge >= 0.3 is 0 Å². The van der Waals surface area contributed by atoms with Crippen LogP contribution in [0.3, 0.4) is 0 Å². The molecule has 6 aromatic rings. The van der Waals surface area contributed by atoms with E-state index in [1.54, 1.807) is 36.5 Å². The standard InChI is InChI=1S/C21H20N.C20H18N.Ir/c1-16(2)19-9-6-10-20(15-19)21-14-18(11-12-22-21)13-17-7-4-3-5-8-17;1-20(2,17-10-4-3-5-11-17)18-12-8-9-16(15-18)19-13-6-7-14-21-19;/h3-9,11-12,14-16H,13H2,1-2H3;3-8,10-15H,1-2H3;/q2*-1;/i13D2,16D;;. The first kappa shape index (κ1) is 28.6. The molecule has 0 bridgehead atoms. The third-order valence-corrected chi connectivity index (χ3v) is 7.44. The average Bonchev–Trinajstić information content (AvgIpc) is 3.09. The van der Waals surface area contributed by atoms with Gasteiger partial charge in [-0.15, -0.1) is 70.8 Å². The van der Waals surface area contributed by atoms with Gasteiger partial charge in [-0.1, -0.05) is 107 Å². The zero-order valence-corrected chi connectivity index (χ0v) is 27.9. The molecular weight excluding hydrogens is 713 g/mol. The van der Waals surface area contributed by atoms with Crippen LogP contribution in [0.25, 0.3) is 22.5 Å². The molecule has 3 heteroatoms. The molecule has 223 valence electrons. The summed E-state index contributed by atoms with van der Waals surface area (Å²) in [6.07, 6.45) is 1.83. The first-order valence-corrected chi connectivity index (χ1v) is 14.5. The second-order valence-electron chi connectivity index (χ2n) is 11.1. The molecule has 0 aliphatic carbocycles. The van der Waals surface area contributed by atoms with E-state index in [-0.39, 0.29) is 25.5 Å². The van der Waals surface area contributed by atoms with Crippen LogP contribution in [0.2, 0.25) is 0 Å². The molecule has 6 rings (SSSR count). The molecule has 0 unspecified atom stereocenters. The third-order valence-electron chi connectivity index (χ3n) is 7.44. The monoisotopic (exact) mass is 754 g/mol. The van der Waals surface area contributed by atoms with E-state index in [1.165, 1.54) is 11.1 Å². The summed E-state index contributed by atoms with van der Waals surface area (Å²) < 4.78 is 25.2. The van der Waals surface area contributed by atoms with Gasteiger partial charge in [-0.2, -0.15) is 0 Å². The predicted molar refractivity (Wildman–Crippen MR) is 179 cm³/mol. The van der Waals surface area contributed by atoms with Gasteiger partial charge in [0.25, 0.3) is 0 Å². The van der Waals surface area contributed by atoms with Crippen molar-refractivity contribution in [1.82, 2.24) is 9.97 Å². The molecule has 0 atom stereocenters. The number of benzene rings is 4. The van der Waals surface area contributed by atoms with Crippen LogP contribution < -0.4 is 0 Å². The molecular formula is C41H38IrN2-2. The SMILES string of the molecule is CC(C)(c1ccccc1)c1cc[c-]c(-c2ccccn2)c1.[2H]C(C)(C)c1cc[c-]c(-c2cc(C([2H])([2H])c3ccccc3)ccn2)c1.[Ir]. The van der Waals surface area contributed by atoms with Crippen molar-refractivity contribution in [3.63, 3.8) is 0 Å². The number of nitrogens with zero attached hydrogens (tertiary/aromatic N) is 2. The number of hydrogen-bond acceptors (Lipinski definition) is 2. The molecule has 0 fully saturated rings. The van der Waals surface area contributed by atoms with E-state index in [0.717, 1.165) is 22.4 Å². The third kappa shape index (κ3) is 8.47. The second kappa shape index (κ2) is 15.5. The van der Waals surface area contributed by atoms with Gasteiger partial charge in [-0.3, -0.25) is 0 Å². The molecule has 4 aromatic carbocycles. The smallest absolute Gasteiger partial charge is 0.0365 e. The van der Waals surface area contributed by atoms with E-state index in [2.05, 4.69) is 78.4 Å². The minimum Gasteiger partial charge on any atom is -0.305 e. The van der Waals surface area contributed by atoms with Gasteiger partial charge in [-0.05, 0) is 57.9 Å². The molecule has 44 heavy (non-hydrogen) atoms. The summed E-state index contributed by atoms with van der Waals surface area (Å²) in [6.45, 7) is 8.17. The van der Waals surface area contributed by atoms with Crippen LogP contribution >= 0.6 is 0 Å². The fourth-order valence-electron chi connectivity index (χ4n) is 4.82. The first-order chi connectivity index (χ1) is 22.0. The molecule has 2 aromatic heterocycles. The molecule has 0 N–H and O–H groups in total. The fourth-order valence-corrected chi connectivity index (χ4v) is 4.82. The van der Waals surface area contributed by atoms with Crippen molar-refractivity contribution in [1.29, 1.82) is 0 Å². The molecule has 0 aliphatic heterocycles. The van der Waals surface area contributed by atoms with Crippen LogP contribution in [-0.4, -0.2) is 9.97 Å². The van der Waals surface area contributed by atoms with Gasteiger partial charge in [0.1, 0.15) is 0 Å². The Balaban J connectivity index is 0.000000211. The van der Waals surface area contributed by atoms with Crippen molar-refractivity contribution in [3.8, 4) is 22.5 Å². The molecule has 2 heterocycles. The van der Waals surface area contributed by atoms with E-state index in [4.69, 9.17) is 4.11 Å². The van der Waals surface area contributed by atoms with Crippen LogP contribution in [0, 0.1) is 12.1 Å². The van der Waals surface area contributed by atoms with Crippen molar-refractivity contribution in [2.75, 3.05) is 0 Å². The first-order valence-electron chi connectivity index (χ1n) is 16.0. The summed E-state index contributed by atoms with van der Waals surface area (Å²) in [6, 6.07) is 47.5. The van der Waals surface area contributed by atoms with Crippen molar-refractivity contribution in [2.45, 2.75) is 45.4 Å². The van der Waals surface area contributed by atoms with E-state index in [1.807, 2.05) is 74.6 Å². The van der Waals surface area contributed by atoms with Gasteiger partial charge in [0.05, 0.1) is 0 Å². The van der Waals surface area contributed by atoms with Crippen LogP contribution in [0.5, 0.6) is 0 Å². The van der Waals surface area contributed by atoms with Crippen molar-refractivity contribution in [2.24, 2.45) is 0 Å². The van der Waals surface area contributed by atoms with Crippen molar-refractivity contribution < 1.29 is 24.2 Å². The minimum atomic E-state index is -1.61. The Morgan fingerprint density at radius 3 is 1.98 bits per heavy atom. The maximum absolute atomic E-state index is 8.51. The number of aromatic nitrogens is 2. The number of hydrogen-bond donors (Lipinski definition) is 0. The van der Waals surface area contributed by atoms with Gasteiger partial charge in [0.15, 0.2) is 0 Å². The van der Waals surface area contributed by atoms with Crippen LogP contribution in [0.1, 0.15) is 65.5 Å². The Morgan fingerprint density at radius 2 is 1.30 bits per heavy atom. The predicted octanol–water partition coefficient (Wildman–Crippen LogP) is 10.1. The Morgan fingerprint density at radius 1 is 0.659 bits per heavy atom. The quantitative estimate of drug-likeness (QED) is 0.152. The zero-order valence-electron chi connectivity index (χ0n) is 28.5. The molecule has 0 saturated heterocycles. The largest absolute Gasteiger partial charge is 0.305 e. The van der Waals surface area contributed by atoms with E-state index in [9.17, 15) is 0 Å². The molecule has 0 spiro atoms. The summed E-state index contributed by atoms with van der Waals surface area (Å²) in [5, 5.41) is 0. The summed E-state index contributed by atoms with van der Waals surface area (Å²) in [4.78, 5) is 8.79. The van der Waals surface area contributed by atoms with E-state index >= 15 is 0 Å². The van der Waals surface area contributed by atoms with Crippen LogP contribution in [-0.2, 0) is 31.9 Å². The summed E-state index contributed by atoms with van der Waals surface area (Å²) in [7, 11) is 0. The Kier molecular flexibility index (Phi) is 10.1.